The third-order valence-electron chi connectivity index (χ3n) is 2.93. The largest absolute Gasteiger partial charge is 0.460 e. The molecule has 0 amide bonds. The molecular formula is C15H18FNO2. The van der Waals surface area contributed by atoms with E-state index < -0.39 is 0 Å². The third kappa shape index (κ3) is 3.43. The molecule has 0 fully saturated rings. The van der Waals surface area contributed by atoms with E-state index in [4.69, 9.17) is 9.52 Å². The second kappa shape index (κ2) is 5.99. The summed E-state index contributed by atoms with van der Waals surface area (Å²) in [5.74, 6) is 1.19. The Balaban J connectivity index is 2.10. The summed E-state index contributed by atoms with van der Waals surface area (Å²) >= 11 is 0. The summed E-state index contributed by atoms with van der Waals surface area (Å²) < 4.78 is 19.2. The average Bonchev–Trinajstić information content (AvgIpc) is 2.81. The quantitative estimate of drug-likeness (QED) is 0.872. The fraction of sp³-hybridized carbons (Fsp3) is 0.333. The van der Waals surface area contributed by atoms with Crippen LogP contribution in [0.25, 0.3) is 11.3 Å². The first-order valence-corrected chi connectivity index (χ1v) is 6.31. The van der Waals surface area contributed by atoms with Crippen LogP contribution in [-0.4, -0.2) is 17.8 Å². The lowest BCUT2D eigenvalue weighted by molar-refractivity contribution is 0.190. The molecule has 1 unspecified atom stereocenters. The van der Waals surface area contributed by atoms with Crippen LogP contribution in [0.4, 0.5) is 4.39 Å². The third-order valence-corrected chi connectivity index (χ3v) is 2.93. The molecule has 0 aliphatic carbocycles. The molecule has 0 bridgehead atoms. The highest BCUT2D eigenvalue weighted by molar-refractivity contribution is 5.62. The maximum absolute atomic E-state index is 13.5. The fourth-order valence-electron chi connectivity index (χ4n) is 1.90. The Kier molecular flexibility index (Phi) is 4.35. The maximum atomic E-state index is 13.5. The van der Waals surface area contributed by atoms with Crippen LogP contribution in [0.3, 0.4) is 0 Å². The van der Waals surface area contributed by atoms with Crippen molar-refractivity contribution in [3.8, 4) is 11.3 Å². The molecule has 0 saturated carbocycles. The molecule has 0 saturated heterocycles. The molecule has 0 spiro atoms. The van der Waals surface area contributed by atoms with Crippen molar-refractivity contribution in [3.63, 3.8) is 0 Å². The Bertz CT molecular complexity index is 549. The smallest absolute Gasteiger partial charge is 0.134 e. The number of aliphatic hydroxyl groups excluding tert-OH is 1. The second-order valence-electron chi connectivity index (χ2n) is 4.66. The van der Waals surface area contributed by atoms with Crippen LogP contribution in [0.15, 0.2) is 34.7 Å². The number of halogens is 1. The molecule has 2 N–H and O–H groups in total. The lowest BCUT2D eigenvalue weighted by atomic mass is 10.1. The van der Waals surface area contributed by atoms with E-state index in [9.17, 15) is 4.39 Å². The zero-order valence-corrected chi connectivity index (χ0v) is 11.1. The number of furan rings is 1. The lowest BCUT2D eigenvalue weighted by Gasteiger charge is -2.05. The number of nitrogens with one attached hydrogen (secondary N) is 1. The summed E-state index contributed by atoms with van der Waals surface area (Å²) in [5.41, 5.74) is 1.35. The molecule has 0 aliphatic rings. The second-order valence-corrected chi connectivity index (χ2v) is 4.66. The highest BCUT2D eigenvalue weighted by Gasteiger charge is 2.10. The van der Waals surface area contributed by atoms with E-state index in [0.29, 0.717) is 24.4 Å². The minimum atomic E-state index is -0.389. The zero-order chi connectivity index (χ0) is 13.8. The van der Waals surface area contributed by atoms with E-state index in [2.05, 4.69) is 5.32 Å². The molecule has 1 atom stereocenters. The molecule has 102 valence electrons. The van der Waals surface area contributed by atoms with E-state index >= 15 is 0 Å². The summed E-state index contributed by atoms with van der Waals surface area (Å²) in [6.45, 7) is 4.50. The van der Waals surface area contributed by atoms with Gasteiger partial charge in [-0.1, -0.05) is 12.1 Å². The monoisotopic (exact) mass is 263 g/mol. The molecular weight excluding hydrogens is 245 g/mol. The van der Waals surface area contributed by atoms with Gasteiger partial charge in [0, 0.05) is 12.1 Å². The van der Waals surface area contributed by atoms with Crippen LogP contribution in [0.2, 0.25) is 0 Å². The van der Waals surface area contributed by atoms with Crippen molar-refractivity contribution in [2.24, 2.45) is 0 Å². The Morgan fingerprint density at radius 1 is 1.32 bits per heavy atom. The standard InChI is InChI=1S/C15H18FNO2/c1-10(18)8-17-9-12-6-7-15(19-12)13-4-3-5-14(16)11(13)2/h3-7,10,17-18H,8-9H2,1-2H3. The number of rotatable bonds is 5. The summed E-state index contributed by atoms with van der Waals surface area (Å²) in [6.07, 6.45) is -0.389. The van der Waals surface area contributed by atoms with E-state index in [1.54, 1.807) is 19.9 Å². The van der Waals surface area contributed by atoms with Crippen molar-refractivity contribution >= 4 is 0 Å². The number of aliphatic hydroxyl groups is 1. The minimum Gasteiger partial charge on any atom is -0.460 e. The van der Waals surface area contributed by atoms with Crippen LogP contribution < -0.4 is 5.32 Å². The molecule has 1 aromatic carbocycles. The molecule has 1 heterocycles. The first-order chi connectivity index (χ1) is 9.08. The van der Waals surface area contributed by atoms with Crippen molar-refractivity contribution in [1.29, 1.82) is 0 Å². The van der Waals surface area contributed by atoms with Gasteiger partial charge in [0.05, 0.1) is 12.6 Å². The molecule has 3 nitrogen and oxygen atoms in total. The Hall–Kier alpha value is -1.65. The zero-order valence-electron chi connectivity index (χ0n) is 11.1. The van der Waals surface area contributed by atoms with Crippen LogP contribution in [0.1, 0.15) is 18.2 Å². The van der Waals surface area contributed by atoms with Crippen LogP contribution >= 0.6 is 0 Å². The van der Waals surface area contributed by atoms with Crippen molar-refractivity contribution < 1.29 is 13.9 Å². The van der Waals surface area contributed by atoms with Gasteiger partial charge in [0.25, 0.3) is 0 Å². The summed E-state index contributed by atoms with van der Waals surface area (Å²) in [6, 6.07) is 8.64. The van der Waals surface area contributed by atoms with Gasteiger partial charge in [-0.15, -0.1) is 0 Å². The average molecular weight is 263 g/mol. The highest BCUT2D eigenvalue weighted by atomic mass is 19.1. The molecule has 0 radical (unpaired) electrons. The fourth-order valence-corrected chi connectivity index (χ4v) is 1.90. The lowest BCUT2D eigenvalue weighted by Crippen LogP contribution is -2.23. The predicted octanol–water partition coefficient (Wildman–Crippen LogP) is 2.86. The van der Waals surface area contributed by atoms with Crippen molar-refractivity contribution in [1.82, 2.24) is 5.32 Å². The molecule has 0 aliphatic heterocycles. The minimum absolute atomic E-state index is 0.234. The normalized spacial score (nSPS) is 12.6. The Labute approximate surface area is 112 Å². The molecule has 19 heavy (non-hydrogen) atoms. The number of hydrogen-bond donors (Lipinski definition) is 2. The Morgan fingerprint density at radius 2 is 2.11 bits per heavy atom. The van der Waals surface area contributed by atoms with E-state index in [-0.39, 0.29) is 11.9 Å². The Morgan fingerprint density at radius 3 is 2.84 bits per heavy atom. The van der Waals surface area contributed by atoms with Crippen molar-refractivity contribution in [2.45, 2.75) is 26.5 Å². The number of benzene rings is 1. The van der Waals surface area contributed by atoms with E-state index in [1.165, 1.54) is 6.07 Å². The summed E-state index contributed by atoms with van der Waals surface area (Å²) in [7, 11) is 0. The van der Waals surface area contributed by atoms with E-state index in [1.807, 2.05) is 18.2 Å². The summed E-state index contributed by atoms with van der Waals surface area (Å²) in [5, 5.41) is 12.2. The SMILES string of the molecule is Cc1c(F)cccc1-c1ccc(CNCC(C)O)o1. The predicted molar refractivity (Wildman–Crippen MR) is 72.2 cm³/mol. The van der Waals surface area contributed by atoms with Gasteiger partial charge in [0.1, 0.15) is 17.3 Å². The van der Waals surface area contributed by atoms with Gasteiger partial charge in [-0.05, 0) is 37.6 Å². The topological polar surface area (TPSA) is 45.4 Å². The van der Waals surface area contributed by atoms with E-state index in [0.717, 1.165) is 11.3 Å². The van der Waals surface area contributed by atoms with Gasteiger partial charge in [-0.2, -0.15) is 0 Å². The van der Waals surface area contributed by atoms with Crippen molar-refractivity contribution in [2.75, 3.05) is 6.54 Å². The van der Waals surface area contributed by atoms with Gasteiger partial charge in [0.15, 0.2) is 0 Å². The van der Waals surface area contributed by atoms with Crippen molar-refractivity contribution in [3.05, 3.63) is 47.5 Å². The van der Waals surface area contributed by atoms with Gasteiger partial charge in [-0.25, -0.2) is 4.39 Å². The highest BCUT2D eigenvalue weighted by Crippen LogP contribution is 2.26. The van der Waals surface area contributed by atoms with Crippen LogP contribution in [-0.2, 0) is 6.54 Å². The number of hydrogen-bond acceptors (Lipinski definition) is 3. The molecule has 2 rings (SSSR count). The molecule has 1 aromatic heterocycles. The van der Waals surface area contributed by atoms with Gasteiger partial charge < -0.3 is 14.8 Å². The van der Waals surface area contributed by atoms with Gasteiger partial charge in [0.2, 0.25) is 0 Å². The maximum Gasteiger partial charge on any atom is 0.134 e. The van der Waals surface area contributed by atoms with Gasteiger partial charge in [-0.3, -0.25) is 0 Å². The van der Waals surface area contributed by atoms with Crippen LogP contribution in [0, 0.1) is 12.7 Å². The van der Waals surface area contributed by atoms with Gasteiger partial charge >= 0.3 is 0 Å². The van der Waals surface area contributed by atoms with Crippen LogP contribution in [0.5, 0.6) is 0 Å². The first kappa shape index (κ1) is 13.8. The molecule has 4 heteroatoms. The molecule has 2 aromatic rings. The summed E-state index contributed by atoms with van der Waals surface area (Å²) in [4.78, 5) is 0. The first-order valence-electron chi connectivity index (χ1n) is 6.31.